The summed E-state index contributed by atoms with van der Waals surface area (Å²) >= 11 is 6.07. The highest BCUT2D eigenvalue weighted by Gasteiger charge is 2.48. The van der Waals surface area contributed by atoms with Gasteiger partial charge in [0.05, 0.1) is 0 Å². The van der Waals surface area contributed by atoms with Gasteiger partial charge in [-0.15, -0.1) is 0 Å². The molecule has 1 saturated heterocycles. The Bertz CT molecular complexity index is 792. The summed E-state index contributed by atoms with van der Waals surface area (Å²) in [5.41, 5.74) is 3.30. The molecule has 27 heavy (non-hydrogen) atoms. The van der Waals surface area contributed by atoms with Gasteiger partial charge in [-0.2, -0.15) is 0 Å². The number of rotatable bonds is 5. The standard InChI is InChI=1S/C22H26ClN3O/c23-20-7-3-4-17(14-20)8-9-25-21(27)22(26-12-10-24-11-13-26)15-18-5-1-2-6-19(18)16-22/h1-7,14,24H,8-13,15-16H2,(H,25,27). The minimum atomic E-state index is -0.458. The van der Waals surface area contributed by atoms with Crippen molar-refractivity contribution in [1.82, 2.24) is 15.5 Å². The number of halogens is 1. The van der Waals surface area contributed by atoms with Crippen LogP contribution in [0.1, 0.15) is 16.7 Å². The zero-order valence-electron chi connectivity index (χ0n) is 15.5. The fourth-order valence-corrected chi connectivity index (χ4v) is 4.61. The molecule has 1 fully saturated rings. The predicted molar refractivity (Wildman–Crippen MR) is 109 cm³/mol. The van der Waals surface area contributed by atoms with Crippen molar-refractivity contribution in [3.63, 3.8) is 0 Å². The molecule has 0 atom stereocenters. The van der Waals surface area contributed by atoms with Crippen molar-refractivity contribution in [3.05, 3.63) is 70.2 Å². The molecule has 2 aliphatic rings. The Kier molecular flexibility index (Phi) is 5.48. The highest BCUT2D eigenvalue weighted by molar-refractivity contribution is 6.30. The van der Waals surface area contributed by atoms with Crippen LogP contribution in [0.5, 0.6) is 0 Å². The quantitative estimate of drug-likeness (QED) is 0.833. The van der Waals surface area contributed by atoms with E-state index < -0.39 is 5.54 Å². The molecule has 1 aliphatic heterocycles. The maximum absolute atomic E-state index is 13.4. The second kappa shape index (κ2) is 8.01. The second-order valence-corrected chi connectivity index (χ2v) is 7.96. The lowest BCUT2D eigenvalue weighted by atomic mass is 9.91. The number of carbonyl (C=O) groups is 1. The average molecular weight is 384 g/mol. The van der Waals surface area contributed by atoms with Crippen molar-refractivity contribution in [2.24, 2.45) is 0 Å². The van der Waals surface area contributed by atoms with E-state index in [0.717, 1.165) is 56.0 Å². The van der Waals surface area contributed by atoms with Crippen molar-refractivity contribution < 1.29 is 4.79 Å². The third kappa shape index (κ3) is 3.88. The van der Waals surface area contributed by atoms with Gasteiger partial charge in [-0.3, -0.25) is 9.69 Å². The first kappa shape index (κ1) is 18.5. The van der Waals surface area contributed by atoms with Crippen LogP contribution >= 0.6 is 11.6 Å². The Morgan fingerprint density at radius 2 is 1.78 bits per heavy atom. The molecule has 1 heterocycles. The van der Waals surface area contributed by atoms with Crippen molar-refractivity contribution in [3.8, 4) is 0 Å². The van der Waals surface area contributed by atoms with E-state index in [4.69, 9.17) is 11.6 Å². The number of carbonyl (C=O) groups excluding carboxylic acids is 1. The van der Waals surface area contributed by atoms with E-state index in [1.165, 1.54) is 11.1 Å². The number of piperazine rings is 1. The fraction of sp³-hybridized carbons (Fsp3) is 0.409. The zero-order valence-corrected chi connectivity index (χ0v) is 16.3. The van der Waals surface area contributed by atoms with E-state index in [-0.39, 0.29) is 5.91 Å². The fourth-order valence-electron chi connectivity index (χ4n) is 4.39. The first-order valence-corrected chi connectivity index (χ1v) is 10.1. The number of amides is 1. The number of hydrogen-bond donors (Lipinski definition) is 2. The van der Waals surface area contributed by atoms with Crippen LogP contribution in [-0.2, 0) is 24.1 Å². The molecule has 0 saturated carbocycles. The molecule has 0 radical (unpaired) electrons. The van der Waals surface area contributed by atoms with Crippen LogP contribution in [0.25, 0.3) is 0 Å². The van der Waals surface area contributed by atoms with Crippen LogP contribution in [0.4, 0.5) is 0 Å². The lowest BCUT2D eigenvalue weighted by Gasteiger charge is -2.42. The largest absolute Gasteiger partial charge is 0.354 e. The Morgan fingerprint density at radius 1 is 1.07 bits per heavy atom. The molecule has 0 aromatic heterocycles. The van der Waals surface area contributed by atoms with Crippen LogP contribution in [0.3, 0.4) is 0 Å². The van der Waals surface area contributed by atoms with Crippen molar-refractivity contribution in [2.45, 2.75) is 24.8 Å². The molecular weight excluding hydrogens is 358 g/mol. The van der Waals surface area contributed by atoms with Crippen molar-refractivity contribution in [1.29, 1.82) is 0 Å². The van der Waals surface area contributed by atoms with E-state index in [1.54, 1.807) is 0 Å². The van der Waals surface area contributed by atoms with E-state index in [0.29, 0.717) is 6.54 Å². The second-order valence-electron chi connectivity index (χ2n) is 7.53. The van der Waals surface area contributed by atoms with Gasteiger partial charge < -0.3 is 10.6 Å². The van der Waals surface area contributed by atoms with Crippen LogP contribution in [0.15, 0.2) is 48.5 Å². The first-order chi connectivity index (χ1) is 13.2. The predicted octanol–water partition coefficient (Wildman–Crippen LogP) is 2.44. The van der Waals surface area contributed by atoms with Gasteiger partial charge in [0.15, 0.2) is 0 Å². The van der Waals surface area contributed by atoms with Gasteiger partial charge in [0.25, 0.3) is 0 Å². The van der Waals surface area contributed by atoms with Crippen LogP contribution < -0.4 is 10.6 Å². The highest BCUT2D eigenvalue weighted by Crippen LogP contribution is 2.35. The zero-order chi connectivity index (χ0) is 18.7. The van der Waals surface area contributed by atoms with Crippen LogP contribution in [-0.4, -0.2) is 49.1 Å². The molecule has 0 unspecified atom stereocenters. The molecule has 2 N–H and O–H groups in total. The third-order valence-electron chi connectivity index (χ3n) is 5.82. The number of nitrogens with zero attached hydrogens (tertiary/aromatic N) is 1. The molecule has 0 bridgehead atoms. The minimum Gasteiger partial charge on any atom is -0.354 e. The minimum absolute atomic E-state index is 0.155. The van der Waals surface area contributed by atoms with E-state index in [1.807, 2.05) is 18.2 Å². The summed E-state index contributed by atoms with van der Waals surface area (Å²) in [5.74, 6) is 0.155. The molecule has 1 aliphatic carbocycles. The molecule has 0 spiro atoms. The van der Waals surface area contributed by atoms with Gasteiger partial charge in [-0.25, -0.2) is 0 Å². The molecule has 2 aromatic rings. The molecule has 5 heteroatoms. The molecule has 1 amide bonds. The monoisotopic (exact) mass is 383 g/mol. The normalized spacial score (nSPS) is 18.9. The summed E-state index contributed by atoms with van der Waals surface area (Å²) in [4.78, 5) is 15.8. The number of hydrogen-bond acceptors (Lipinski definition) is 3. The van der Waals surface area contributed by atoms with E-state index in [2.05, 4.69) is 45.9 Å². The maximum Gasteiger partial charge on any atom is 0.241 e. The third-order valence-corrected chi connectivity index (χ3v) is 6.05. The number of fused-ring (bicyclic) bond motifs is 1. The summed E-state index contributed by atoms with van der Waals surface area (Å²) in [6.07, 6.45) is 2.38. The maximum atomic E-state index is 13.4. The van der Waals surface area contributed by atoms with Crippen LogP contribution in [0.2, 0.25) is 5.02 Å². The van der Waals surface area contributed by atoms with Gasteiger partial charge >= 0.3 is 0 Å². The smallest absolute Gasteiger partial charge is 0.241 e. The number of benzene rings is 2. The number of nitrogens with one attached hydrogen (secondary N) is 2. The molecule has 4 rings (SSSR count). The van der Waals surface area contributed by atoms with Gasteiger partial charge in [0, 0.05) is 50.6 Å². The van der Waals surface area contributed by atoms with E-state index >= 15 is 0 Å². The van der Waals surface area contributed by atoms with Gasteiger partial charge in [-0.1, -0.05) is 48.0 Å². The van der Waals surface area contributed by atoms with Crippen LogP contribution in [0, 0.1) is 0 Å². The summed E-state index contributed by atoms with van der Waals surface area (Å²) in [6.45, 7) is 4.33. The van der Waals surface area contributed by atoms with Crippen molar-refractivity contribution in [2.75, 3.05) is 32.7 Å². The lowest BCUT2D eigenvalue weighted by Crippen LogP contribution is -2.64. The topological polar surface area (TPSA) is 44.4 Å². The molecule has 4 nitrogen and oxygen atoms in total. The Balaban J connectivity index is 1.48. The molecular formula is C22H26ClN3O. The van der Waals surface area contributed by atoms with Crippen molar-refractivity contribution >= 4 is 17.5 Å². The average Bonchev–Trinajstić information content (AvgIpc) is 3.10. The van der Waals surface area contributed by atoms with E-state index in [9.17, 15) is 4.79 Å². The highest BCUT2D eigenvalue weighted by atomic mass is 35.5. The molecule has 142 valence electrons. The summed E-state index contributed by atoms with van der Waals surface area (Å²) < 4.78 is 0. The SMILES string of the molecule is O=C(NCCc1cccc(Cl)c1)C1(N2CCNCC2)Cc2ccccc2C1. The summed E-state index contributed by atoms with van der Waals surface area (Å²) in [7, 11) is 0. The van der Waals surface area contributed by atoms with Gasteiger partial charge in [0.1, 0.15) is 5.54 Å². The van der Waals surface area contributed by atoms with Gasteiger partial charge in [-0.05, 0) is 35.2 Å². The Hall–Kier alpha value is -1.88. The molecule has 2 aromatic carbocycles. The first-order valence-electron chi connectivity index (χ1n) is 9.73. The summed E-state index contributed by atoms with van der Waals surface area (Å²) in [6, 6.07) is 16.3. The lowest BCUT2D eigenvalue weighted by molar-refractivity contribution is -0.133. The Labute approximate surface area is 165 Å². The van der Waals surface area contributed by atoms with Gasteiger partial charge in [0.2, 0.25) is 5.91 Å². The summed E-state index contributed by atoms with van der Waals surface area (Å²) in [5, 5.41) is 7.36. The Morgan fingerprint density at radius 3 is 2.44 bits per heavy atom.